The molecule has 3 N–H and O–H groups in total. The van der Waals surface area contributed by atoms with Crippen LogP contribution in [0.3, 0.4) is 0 Å². The Hall–Kier alpha value is -1.88. The molecule has 21 heavy (non-hydrogen) atoms. The van der Waals surface area contributed by atoms with Crippen LogP contribution in [0.25, 0.3) is 10.9 Å². The maximum Gasteiger partial charge on any atom is 0.275 e. The highest BCUT2D eigenvalue weighted by Crippen LogP contribution is 2.27. The fourth-order valence-electron chi connectivity index (χ4n) is 3.26. The monoisotopic (exact) mass is 286 g/mol. The topological polar surface area (TPSA) is 75.0 Å². The van der Waals surface area contributed by atoms with E-state index >= 15 is 0 Å². The number of carbonyl (C=O) groups is 1. The average Bonchev–Trinajstić information content (AvgIpc) is 2.97. The van der Waals surface area contributed by atoms with Crippen LogP contribution in [0.5, 0.6) is 0 Å². The zero-order valence-corrected chi connectivity index (χ0v) is 12.4. The van der Waals surface area contributed by atoms with Crippen LogP contribution in [0.1, 0.15) is 36.7 Å². The van der Waals surface area contributed by atoms with Crippen molar-refractivity contribution in [1.82, 2.24) is 15.1 Å². The molecule has 0 radical (unpaired) electrons. The SMILES string of the molecule is CCC1CCN(C(=O)c2n[nH]c3ccccc23)C(CN)C1. The summed E-state index contributed by atoms with van der Waals surface area (Å²) in [6.45, 7) is 3.50. The first-order valence-corrected chi connectivity index (χ1v) is 7.68. The second kappa shape index (κ2) is 5.85. The first kappa shape index (κ1) is 14.1. The molecule has 2 atom stereocenters. The standard InChI is InChI=1S/C16H22N4O/c1-2-11-7-8-20(12(9-11)10-17)16(21)15-13-5-3-4-6-14(13)18-19-15/h3-6,11-12H,2,7-10,17H2,1H3,(H,18,19). The van der Waals surface area contributed by atoms with Crippen molar-refractivity contribution < 1.29 is 4.79 Å². The van der Waals surface area contributed by atoms with Crippen molar-refractivity contribution in [2.75, 3.05) is 13.1 Å². The number of rotatable bonds is 3. The third-order valence-corrected chi connectivity index (χ3v) is 4.61. The minimum Gasteiger partial charge on any atom is -0.333 e. The molecule has 0 saturated carbocycles. The number of piperidine rings is 1. The number of aromatic nitrogens is 2. The van der Waals surface area contributed by atoms with E-state index in [2.05, 4.69) is 17.1 Å². The van der Waals surface area contributed by atoms with Crippen molar-refractivity contribution in [2.24, 2.45) is 11.7 Å². The van der Waals surface area contributed by atoms with Crippen LogP contribution in [-0.2, 0) is 0 Å². The molecule has 112 valence electrons. The number of aromatic amines is 1. The molecule has 2 heterocycles. The molecule has 0 bridgehead atoms. The molecule has 0 spiro atoms. The summed E-state index contributed by atoms with van der Waals surface area (Å²) in [6, 6.07) is 7.86. The third-order valence-electron chi connectivity index (χ3n) is 4.61. The highest BCUT2D eigenvalue weighted by molar-refractivity contribution is 6.04. The quantitative estimate of drug-likeness (QED) is 0.908. The summed E-state index contributed by atoms with van der Waals surface area (Å²) >= 11 is 0. The van der Waals surface area contributed by atoms with E-state index in [1.807, 2.05) is 29.2 Å². The summed E-state index contributed by atoms with van der Waals surface area (Å²) in [4.78, 5) is 14.7. The van der Waals surface area contributed by atoms with Gasteiger partial charge in [-0.2, -0.15) is 5.10 Å². The smallest absolute Gasteiger partial charge is 0.275 e. The largest absolute Gasteiger partial charge is 0.333 e. The van der Waals surface area contributed by atoms with Crippen molar-refractivity contribution >= 4 is 16.8 Å². The second-order valence-corrected chi connectivity index (χ2v) is 5.80. The van der Waals surface area contributed by atoms with Crippen molar-refractivity contribution in [2.45, 2.75) is 32.2 Å². The Bertz CT molecular complexity index is 636. The highest BCUT2D eigenvalue weighted by Gasteiger charge is 2.32. The molecule has 2 unspecified atom stereocenters. The third kappa shape index (κ3) is 2.53. The zero-order valence-electron chi connectivity index (χ0n) is 12.4. The number of benzene rings is 1. The number of hydrogen-bond acceptors (Lipinski definition) is 3. The molecule has 5 heteroatoms. The maximum atomic E-state index is 12.8. The minimum absolute atomic E-state index is 0.00236. The number of likely N-dealkylation sites (tertiary alicyclic amines) is 1. The van der Waals surface area contributed by atoms with Gasteiger partial charge in [-0.25, -0.2) is 0 Å². The Balaban J connectivity index is 1.87. The molecule has 1 aliphatic heterocycles. The molecule has 1 aromatic heterocycles. The van der Waals surface area contributed by atoms with Crippen LogP contribution < -0.4 is 5.73 Å². The van der Waals surface area contributed by atoms with Crippen LogP contribution in [0.2, 0.25) is 0 Å². The molecule has 1 saturated heterocycles. The number of para-hydroxylation sites is 1. The van der Waals surface area contributed by atoms with E-state index in [0.717, 1.165) is 36.7 Å². The minimum atomic E-state index is -0.00236. The Labute approximate surface area is 124 Å². The highest BCUT2D eigenvalue weighted by atomic mass is 16.2. The molecule has 5 nitrogen and oxygen atoms in total. The van der Waals surface area contributed by atoms with Crippen molar-refractivity contribution in [1.29, 1.82) is 0 Å². The zero-order chi connectivity index (χ0) is 14.8. The van der Waals surface area contributed by atoms with Gasteiger partial charge in [0, 0.05) is 24.5 Å². The van der Waals surface area contributed by atoms with Crippen LogP contribution in [0, 0.1) is 5.92 Å². The number of nitrogens with zero attached hydrogens (tertiary/aromatic N) is 2. The molecule has 1 amide bonds. The first-order valence-electron chi connectivity index (χ1n) is 7.68. The number of amides is 1. The van der Waals surface area contributed by atoms with Gasteiger partial charge in [-0.3, -0.25) is 9.89 Å². The fourth-order valence-corrected chi connectivity index (χ4v) is 3.26. The Morgan fingerprint density at radius 2 is 2.29 bits per heavy atom. The number of fused-ring (bicyclic) bond motifs is 1. The van der Waals surface area contributed by atoms with Crippen molar-refractivity contribution in [3.05, 3.63) is 30.0 Å². The predicted octanol–water partition coefficient (Wildman–Crippen LogP) is 2.15. The number of carbonyl (C=O) groups excluding carboxylic acids is 1. The lowest BCUT2D eigenvalue weighted by molar-refractivity contribution is 0.0554. The number of nitrogens with two attached hydrogens (primary N) is 1. The van der Waals surface area contributed by atoms with Gasteiger partial charge in [-0.15, -0.1) is 0 Å². The van der Waals surface area contributed by atoms with Gasteiger partial charge in [0.1, 0.15) is 0 Å². The summed E-state index contributed by atoms with van der Waals surface area (Å²) in [5, 5.41) is 8.04. The molecule has 1 aliphatic rings. The Morgan fingerprint density at radius 3 is 3.05 bits per heavy atom. The van der Waals surface area contributed by atoms with Gasteiger partial charge in [-0.1, -0.05) is 31.5 Å². The second-order valence-electron chi connectivity index (χ2n) is 5.80. The fraction of sp³-hybridized carbons (Fsp3) is 0.500. The number of nitrogens with one attached hydrogen (secondary N) is 1. The van der Waals surface area contributed by atoms with Gasteiger partial charge in [0.05, 0.1) is 5.52 Å². The Kier molecular flexibility index (Phi) is 3.92. The van der Waals surface area contributed by atoms with Crippen LogP contribution in [-0.4, -0.2) is 40.1 Å². The molecule has 1 fully saturated rings. The first-order chi connectivity index (χ1) is 10.2. The van der Waals surface area contributed by atoms with E-state index in [4.69, 9.17) is 5.73 Å². The van der Waals surface area contributed by atoms with Gasteiger partial charge < -0.3 is 10.6 Å². The van der Waals surface area contributed by atoms with E-state index in [1.165, 1.54) is 0 Å². The lowest BCUT2D eigenvalue weighted by atomic mass is 9.88. The summed E-state index contributed by atoms with van der Waals surface area (Å²) < 4.78 is 0. The Morgan fingerprint density at radius 1 is 1.48 bits per heavy atom. The van der Waals surface area contributed by atoms with Gasteiger partial charge in [0.25, 0.3) is 5.91 Å². The summed E-state index contributed by atoms with van der Waals surface area (Å²) in [5.41, 5.74) is 7.30. The van der Waals surface area contributed by atoms with E-state index in [-0.39, 0.29) is 11.9 Å². The van der Waals surface area contributed by atoms with Crippen molar-refractivity contribution in [3.63, 3.8) is 0 Å². The lowest BCUT2D eigenvalue weighted by Gasteiger charge is -2.38. The summed E-state index contributed by atoms with van der Waals surface area (Å²) in [6.07, 6.45) is 3.21. The normalized spacial score (nSPS) is 22.7. The molecular weight excluding hydrogens is 264 g/mol. The van der Waals surface area contributed by atoms with Gasteiger partial charge in [0.2, 0.25) is 0 Å². The molecular formula is C16H22N4O. The molecule has 3 rings (SSSR count). The van der Waals surface area contributed by atoms with Crippen molar-refractivity contribution in [3.8, 4) is 0 Å². The number of hydrogen-bond donors (Lipinski definition) is 2. The maximum absolute atomic E-state index is 12.8. The van der Waals surface area contributed by atoms with E-state index in [1.54, 1.807) is 0 Å². The summed E-state index contributed by atoms with van der Waals surface area (Å²) in [7, 11) is 0. The molecule has 2 aromatic rings. The predicted molar refractivity (Wildman–Crippen MR) is 83.0 cm³/mol. The van der Waals surface area contributed by atoms with E-state index in [0.29, 0.717) is 18.2 Å². The van der Waals surface area contributed by atoms with E-state index in [9.17, 15) is 4.79 Å². The van der Waals surface area contributed by atoms with E-state index < -0.39 is 0 Å². The number of H-pyrrole nitrogens is 1. The average molecular weight is 286 g/mol. The molecule has 0 aliphatic carbocycles. The van der Waals surface area contributed by atoms with Crippen LogP contribution in [0.4, 0.5) is 0 Å². The lowest BCUT2D eigenvalue weighted by Crippen LogP contribution is -2.49. The molecule has 1 aromatic carbocycles. The van der Waals surface area contributed by atoms with Gasteiger partial charge in [-0.05, 0) is 24.8 Å². The van der Waals surface area contributed by atoms with Crippen LogP contribution >= 0.6 is 0 Å². The van der Waals surface area contributed by atoms with Crippen LogP contribution in [0.15, 0.2) is 24.3 Å². The van der Waals surface area contributed by atoms with Gasteiger partial charge in [0.15, 0.2) is 5.69 Å². The summed E-state index contributed by atoms with van der Waals surface area (Å²) in [5.74, 6) is 0.677. The van der Waals surface area contributed by atoms with Gasteiger partial charge >= 0.3 is 0 Å².